The number of hydrogen-bond acceptors (Lipinski definition) is 6. The van der Waals surface area contributed by atoms with Crippen LogP contribution in [0.3, 0.4) is 0 Å². The Morgan fingerprint density at radius 1 is 1.07 bits per heavy atom. The number of rotatable bonds is 5. The number of nitrogens with zero attached hydrogens (tertiary/aromatic N) is 6. The van der Waals surface area contributed by atoms with Crippen molar-refractivity contribution < 1.29 is 0 Å². The van der Waals surface area contributed by atoms with Crippen LogP contribution in [0.5, 0.6) is 0 Å². The number of imidazole rings is 1. The third-order valence-corrected chi connectivity index (χ3v) is 5.21. The number of aryl methyl sites for hydroxylation is 1. The monoisotopic (exact) mass is 467 g/mol. The van der Waals surface area contributed by atoms with Crippen LogP contribution >= 0.6 is 15.9 Å². The summed E-state index contributed by atoms with van der Waals surface area (Å²) in [7, 11) is 3.04. The van der Waals surface area contributed by atoms with E-state index in [0.29, 0.717) is 23.7 Å². The fourth-order valence-corrected chi connectivity index (χ4v) is 3.34. The lowest BCUT2D eigenvalue weighted by Crippen LogP contribution is -2.37. The molecule has 0 amide bonds. The summed E-state index contributed by atoms with van der Waals surface area (Å²) in [4.78, 5) is 33.7. The molecule has 3 aromatic heterocycles. The molecule has 3 heterocycles. The lowest BCUT2D eigenvalue weighted by atomic mass is 10.2. The minimum atomic E-state index is -0.437. The largest absolute Gasteiger partial charge is 0.332 e. The average Bonchev–Trinajstić information content (AvgIpc) is 3.11. The highest BCUT2D eigenvalue weighted by atomic mass is 79.9. The van der Waals surface area contributed by atoms with Crippen LogP contribution < -0.4 is 16.7 Å². The fraction of sp³-hybridized carbons (Fsp3) is 0.150. The smallest absolute Gasteiger partial charge is 0.298 e. The van der Waals surface area contributed by atoms with E-state index in [2.05, 4.69) is 36.4 Å². The van der Waals surface area contributed by atoms with E-state index in [9.17, 15) is 9.59 Å². The highest BCUT2D eigenvalue weighted by Gasteiger charge is 2.19. The van der Waals surface area contributed by atoms with Crippen LogP contribution in [-0.4, -0.2) is 29.9 Å². The maximum Gasteiger partial charge on any atom is 0.332 e. The second-order valence-corrected chi connectivity index (χ2v) is 7.59. The first kappa shape index (κ1) is 19.8. The minimum absolute atomic E-state index is 0.293. The van der Waals surface area contributed by atoms with Crippen LogP contribution in [0, 0.1) is 0 Å². The number of hydrazone groups is 1. The van der Waals surface area contributed by atoms with Gasteiger partial charge in [0.25, 0.3) is 5.56 Å². The van der Waals surface area contributed by atoms with E-state index in [1.165, 1.54) is 11.6 Å². The number of benzene rings is 1. The van der Waals surface area contributed by atoms with Gasteiger partial charge in [-0.1, -0.05) is 28.1 Å². The first-order chi connectivity index (χ1) is 14.5. The second-order valence-electron chi connectivity index (χ2n) is 6.68. The van der Waals surface area contributed by atoms with Crippen molar-refractivity contribution in [1.29, 1.82) is 0 Å². The highest BCUT2D eigenvalue weighted by Crippen LogP contribution is 2.19. The quantitative estimate of drug-likeness (QED) is 0.357. The molecule has 0 spiro atoms. The van der Waals surface area contributed by atoms with Gasteiger partial charge in [0.15, 0.2) is 11.2 Å². The summed E-state index contributed by atoms with van der Waals surface area (Å²) in [6.07, 6.45) is 4.97. The molecule has 0 aliphatic heterocycles. The molecule has 0 radical (unpaired) electrons. The summed E-state index contributed by atoms with van der Waals surface area (Å²) in [5.74, 6) is 0.358. The molecule has 152 valence electrons. The zero-order chi connectivity index (χ0) is 21.3. The summed E-state index contributed by atoms with van der Waals surface area (Å²) >= 11 is 3.43. The fourth-order valence-electron chi connectivity index (χ4n) is 3.07. The number of anilines is 1. The third kappa shape index (κ3) is 3.69. The van der Waals surface area contributed by atoms with Crippen molar-refractivity contribution in [3.8, 4) is 0 Å². The van der Waals surface area contributed by atoms with Crippen molar-refractivity contribution in [3.05, 3.63) is 85.2 Å². The predicted molar refractivity (Wildman–Crippen MR) is 119 cm³/mol. The van der Waals surface area contributed by atoms with Crippen molar-refractivity contribution >= 4 is 39.3 Å². The van der Waals surface area contributed by atoms with Crippen molar-refractivity contribution in [2.75, 3.05) is 5.43 Å². The van der Waals surface area contributed by atoms with Gasteiger partial charge in [-0.3, -0.25) is 23.5 Å². The van der Waals surface area contributed by atoms with Gasteiger partial charge in [0.1, 0.15) is 0 Å². The Morgan fingerprint density at radius 3 is 2.47 bits per heavy atom. The molecule has 30 heavy (non-hydrogen) atoms. The van der Waals surface area contributed by atoms with Gasteiger partial charge >= 0.3 is 5.69 Å². The summed E-state index contributed by atoms with van der Waals surface area (Å²) in [5.41, 5.74) is 4.50. The molecule has 0 aliphatic carbocycles. The van der Waals surface area contributed by atoms with Gasteiger partial charge in [-0.05, 0) is 35.4 Å². The summed E-state index contributed by atoms with van der Waals surface area (Å²) in [5, 5.41) is 4.24. The van der Waals surface area contributed by atoms with Gasteiger partial charge in [-0.2, -0.15) is 10.1 Å². The Labute approximate surface area is 179 Å². The van der Waals surface area contributed by atoms with Crippen LogP contribution in [-0.2, 0) is 20.6 Å². The number of hydrogen-bond donors (Lipinski definition) is 1. The molecule has 4 rings (SSSR count). The van der Waals surface area contributed by atoms with Gasteiger partial charge < -0.3 is 0 Å². The number of nitrogens with one attached hydrogen (secondary N) is 1. The van der Waals surface area contributed by atoms with Crippen molar-refractivity contribution in [3.63, 3.8) is 0 Å². The summed E-state index contributed by atoms with van der Waals surface area (Å²) in [6.45, 7) is 0.379. The predicted octanol–water partition coefficient (Wildman–Crippen LogP) is 2.09. The first-order valence-electron chi connectivity index (χ1n) is 9.05. The van der Waals surface area contributed by atoms with Gasteiger partial charge in [0.2, 0.25) is 5.95 Å². The molecule has 0 saturated heterocycles. The Kier molecular flexibility index (Phi) is 5.32. The zero-order valence-corrected chi connectivity index (χ0v) is 17.9. The number of aromatic nitrogens is 5. The van der Waals surface area contributed by atoms with Gasteiger partial charge in [-0.25, -0.2) is 10.2 Å². The molecule has 9 nitrogen and oxygen atoms in total. The van der Waals surface area contributed by atoms with E-state index in [0.717, 1.165) is 20.2 Å². The third-order valence-electron chi connectivity index (χ3n) is 4.69. The molecule has 0 bridgehead atoms. The Morgan fingerprint density at radius 2 is 1.77 bits per heavy atom. The molecule has 0 unspecified atom stereocenters. The molecule has 1 N–H and O–H groups in total. The molecule has 0 aliphatic rings. The normalized spacial score (nSPS) is 11.4. The average molecular weight is 468 g/mol. The lowest BCUT2D eigenvalue weighted by Gasteiger charge is -2.09. The molecular formula is C20H18BrN7O2. The standard InChI is InChI=1S/C20H18BrN7O2/c1-26-17-16(18(29)27(2)20(26)30)28(12-14-3-5-15(21)6-4-14)19(24-17)25-23-11-13-7-9-22-10-8-13/h3-11H,12H2,1-2H3,(H,24,25). The topological polar surface area (TPSA) is 99.1 Å². The maximum atomic E-state index is 12.9. The number of halogens is 1. The molecule has 0 atom stereocenters. The first-order valence-corrected chi connectivity index (χ1v) is 9.85. The van der Waals surface area contributed by atoms with Gasteiger partial charge in [0.05, 0.1) is 12.8 Å². The highest BCUT2D eigenvalue weighted by molar-refractivity contribution is 9.10. The molecule has 0 saturated carbocycles. The van der Waals surface area contributed by atoms with Crippen LogP contribution in [0.2, 0.25) is 0 Å². The van der Waals surface area contributed by atoms with E-state index in [-0.39, 0.29) is 0 Å². The van der Waals surface area contributed by atoms with Crippen LogP contribution in [0.15, 0.2) is 68.0 Å². The van der Waals surface area contributed by atoms with Crippen LogP contribution in [0.25, 0.3) is 11.2 Å². The minimum Gasteiger partial charge on any atom is -0.298 e. The van der Waals surface area contributed by atoms with Crippen molar-refractivity contribution in [2.45, 2.75) is 6.54 Å². The van der Waals surface area contributed by atoms with Crippen LogP contribution in [0.4, 0.5) is 5.95 Å². The molecule has 10 heteroatoms. The number of pyridine rings is 1. The molecule has 4 aromatic rings. The van der Waals surface area contributed by atoms with Crippen molar-refractivity contribution in [1.82, 2.24) is 23.7 Å². The van der Waals surface area contributed by atoms with E-state index >= 15 is 0 Å². The Balaban J connectivity index is 1.83. The number of fused-ring (bicyclic) bond motifs is 1. The van der Waals surface area contributed by atoms with Gasteiger partial charge in [0, 0.05) is 31.0 Å². The summed E-state index contributed by atoms with van der Waals surface area (Å²) in [6, 6.07) is 11.4. The van der Waals surface area contributed by atoms with E-state index in [1.54, 1.807) is 30.2 Å². The summed E-state index contributed by atoms with van der Waals surface area (Å²) < 4.78 is 5.11. The molecule has 0 fully saturated rings. The SMILES string of the molecule is Cn1c(=O)c2c(nc(NN=Cc3ccncc3)n2Cc2ccc(Br)cc2)n(C)c1=O. The maximum absolute atomic E-state index is 12.9. The van der Waals surface area contributed by atoms with E-state index < -0.39 is 11.2 Å². The zero-order valence-electron chi connectivity index (χ0n) is 16.3. The van der Waals surface area contributed by atoms with Gasteiger partial charge in [-0.15, -0.1) is 0 Å². The molecular weight excluding hydrogens is 450 g/mol. The van der Waals surface area contributed by atoms with Crippen molar-refractivity contribution in [2.24, 2.45) is 19.2 Å². The second kappa shape index (κ2) is 8.07. The Hall–Kier alpha value is -3.53. The van der Waals surface area contributed by atoms with E-state index in [1.807, 2.05) is 36.4 Å². The Bertz CT molecular complexity index is 1350. The lowest BCUT2D eigenvalue weighted by molar-refractivity contribution is 0.702. The van der Waals surface area contributed by atoms with E-state index in [4.69, 9.17) is 0 Å². The van der Waals surface area contributed by atoms with Crippen LogP contribution in [0.1, 0.15) is 11.1 Å². The molecule has 1 aromatic carbocycles.